The number of hydrogen-bond acceptors (Lipinski definition) is 7. The van der Waals surface area contributed by atoms with Crippen LogP contribution in [0.3, 0.4) is 0 Å². The molecule has 0 spiro atoms. The van der Waals surface area contributed by atoms with Crippen LogP contribution in [-0.4, -0.2) is 23.6 Å². The molecule has 3 aromatic rings. The molecule has 7 nitrogen and oxygen atoms in total. The van der Waals surface area contributed by atoms with Gasteiger partial charge in [0, 0.05) is 11.1 Å². The van der Waals surface area contributed by atoms with Gasteiger partial charge in [-0.3, -0.25) is 9.71 Å². The van der Waals surface area contributed by atoms with E-state index in [9.17, 15) is 8.42 Å². The van der Waals surface area contributed by atoms with E-state index in [-0.39, 0.29) is 9.47 Å². The maximum absolute atomic E-state index is 12.3. The second kappa shape index (κ2) is 4.93. The van der Waals surface area contributed by atoms with Crippen molar-refractivity contribution >= 4 is 43.1 Å². The Labute approximate surface area is 124 Å². The van der Waals surface area contributed by atoms with Crippen LogP contribution in [0.25, 0.3) is 10.9 Å². The number of benzene rings is 1. The zero-order valence-electron chi connectivity index (χ0n) is 10.9. The van der Waals surface area contributed by atoms with Crippen molar-refractivity contribution in [3.63, 3.8) is 0 Å². The fourth-order valence-corrected chi connectivity index (χ4v) is 3.70. The molecule has 2 heterocycles. The lowest BCUT2D eigenvalue weighted by atomic mass is 10.2. The van der Waals surface area contributed by atoms with E-state index in [1.807, 2.05) is 25.1 Å². The third-order valence-corrected chi connectivity index (χ3v) is 5.24. The van der Waals surface area contributed by atoms with Crippen LogP contribution in [0.4, 0.5) is 10.8 Å². The summed E-state index contributed by atoms with van der Waals surface area (Å²) in [5, 5.41) is 8.01. The Hall–Kier alpha value is -2.26. The minimum Gasteiger partial charge on any atom is -0.374 e. The number of anilines is 2. The van der Waals surface area contributed by atoms with Crippen LogP contribution in [0, 0.1) is 6.92 Å². The molecule has 0 saturated heterocycles. The Morgan fingerprint density at radius 2 is 2.00 bits per heavy atom. The van der Waals surface area contributed by atoms with Gasteiger partial charge in [0.05, 0.1) is 11.2 Å². The van der Waals surface area contributed by atoms with E-state index in [1.54, 1.807) is 12.1 Å². The largest absolute Gasteiger partial charge is 0.374 e. The zero-order valence-corrected chi connectivity index (χ0v) is 12.6. The van der Waals surface area contributed by atoms with Crippen molar-refractivity contribution in [2.45, 2.75) is 11.3 Å². The Balaban J connectivity index is 2.08. The summed E-state index contributed by atoms with van der Waals surface area (Å²) in [5.74, 6) is 0. The van der Waals surface area contributed by atoms with E-state index in [2.05, 4.69) is 19.9 Å². The first kappa shape index (κ1) is 13.7. The lowest BCUT2D eigenvalue weighted by molar-refractivity contribution is 0.599. The van der Waals surface area contributed by atoms with Gasteiger partial charge in [-0.25, -0.2) is 0 Å². The molecule has 0 bridgehead atoms. The van der Waals surface area contributed by atoms with Crippen LogP contribution in [0.2, 0.25) is 0 Å². The number of rotatable bonds is 3. The lowest BCUT2D eigenvalue weighted by Crippen LogP contribution is -2.13. The number of aromatic nitrogens is 3. The van der Waals surface area contributed by atoms with E-state index >= 15 is 0 Å². The number of pyridine rings is 1. The average molecular weight is 321 g/mol. The molecule has 0 atom stereocenters. The fourth-order valence-electron chi connectivity index (χ4n) is 1.84. The first-order valence-electron chi connectivity index (χ1n) is 5.94. The molecule has 0 unspecified atom stereocenters. The second-order valence-electron chi connectivity index (χ2n) is 4.34. The Kier molecular flexibility index (Phi) is 3.22. The fraction of sp³-hybridized carbons (Fsp3) is 0.0833. The van der Waals surface area contributed by atoms with Gasteiger partial charge in [0.2, 0.25) is 5.13 Å². The van der Waals surface area contributed by atoms with E-state index in [0.717, 1.165) is 22.4 Å². The minimum atomic E-state index is -3.82. The summed E-state index contributed by atoms with van der Waals surface area (Å²) in [6.07, 6.45) is 0. The molecule has 0 fully saturated rings. The summed E-state index contributed by atoms with van der Waals surface area (Å²) < 4.78 is 26.8. The zero-order chi connectivity index (χ0) is 15.0. The molecule has 0 aliphatic rings. The van der Waals surface area contributed by atoms with Crippen LogP contribution in [-0.2, 0) is 10.0 Å². The highest BCUT2D eigenvalue weighted by Gasteiger charge is 2.20. The third kappa shape index (κ3) is 2.65. The van der Waals surface area contributed by atoms with Crippen LogP contribution in [0.5, 0.6) is 0 Å². The Morgan fingerprint density at radius 1 is 1.19 bits per heavy atom. The average Bonchev–Trinajstić information content (AvgIpc) is 2.87. The number of nitrogen functional groups attached to an aromatic ring is 1. The number of hydrogen-bond donors (Lipinski definition) is 2. The van der Waals surface area contributed by atoms with Gasteiger partial charge in [-0.05, 0) is 19.1 Å². The normalized spacial score (nSPS) is 11.7. The molecule has 3 N–H and O–H groups in total. The van der Waals surface area contributed by atoms with E-state index in [4.69, 9.17) is 5.73 Å². The smallest absolute Gasteiger partial charge is 0.291 e. The van der Waals surface area contributed by atoms with Crippen LogP contribution in [0.1, 0.15) is 5.69 Å². The van der Waals surface area contributed by atoms with E-state index in [0.29, 0.717) is 11.2 Å². The molecule has 2 aromatic heterocycles. The number of nitrogens with two attached hydrogens (primary N) is 1. The predicted octanol–water partition coefficient (Wildman–Crippen LogP) is 1.78. The van der Waals surface area contributed by atoms with Gasteiger partial charge in [-0.1, -0.05) is 29.5 Å². The Morgan fingerprint density at radius 3 is 2.71 bits per heavy atom. The van der Waals surface area contributed by atoms with Crippen LogP contribution in [0.15, 0.2) is 34.7 Å². The first-order chi connectivity index (χ1) is 9.95. The molecule has 0 aliphatic carbocycles. The van der Waals surface area contributed by atoms with Gasteiger partial charge in [0.1, 0.15) is 0 Å². The Bertz CT molecular complexity index is 920. The summed E-state index contributed by atoms with van der Waals surface area (Å²) in [6, 6.07) is 9.02. The van der Waals surface area contributed by atoms with Gasteiger partial charge >= 0.3 is 0 Å². The number of para-hydroxylation sites is 1. The van der Waals surface area contributed by atoms with Crippen molar-refractivity contribution in [3.05, 3.63) is 36.0 Å². The highest BCUT2D eigenvalue weighted by atomic mass is 32.2. The SMILES string of the molecule is Cc1ccc2cccc(NS(=O)(=O)c3nnc(N)s3)c2n1. The summed E-state index contributed by atoms with van der Waals surface area (Å²) in [6.45, 7) is 1.84. The summed E-state index contributed by atoms with van der Waals surface area (Å²) >= 11 is 0.807. The standard InChI is InChI=1S/C12H11N5O2S2/c1-7-5-6-8-3-2-4-9(10(8)14-7)17-21(18,19)12-16-15-11(13)20-12/h2-6,17H,1H3,(H2,13,15). The van der Waals surface area contributed by atoms with Gasteiger partial charge in [0.15, 0.2) is 0 Å². The number of nitrogens with one attached hydrogen (secondary N) is 1. The molecule has 1 aromatic carbocycles. The molecule has 3 rings (SSSR count). The van der Waals surface area contributed by atoms with Crippen molar-refractivity contribution in [2.24, 2.45) is 0 Å². The van der Waals surface area contributed by atoms with Crippen LogP contribution < -0.4 is 10.5 Å². The van der Waals surface area contributed by atoms with Gasteiger partial charge in [-0.2, -0.15) is 8.42 Å². The van der Waals surface area contributed by atoms with Gasteiger partial charge in [-0.15, -0.1) is 10.2 Å². The number of sulfonamides is 1. The van der Waals surface area contributed by atoms with Crippen molar-refractivity contribution in [1.82, 2.24) is 15.2 Å². The van der Waals surface area contributed by atoms with E-state index in [1.165, 1.54) is 0 Å². The molecule has 0 aliphatic heterocycles. The van der Waals surface area contributed by atoms with E-state index < -0.39 is 10.0 Å². The predicted molar refractivity (Wildman–Crippen MR) is 81.6 cm³/mol. The topological polar surface area (TPSA) is 111 Å². The molecule has 0 saturated carbocycles. The molecule has 21 heavy (non-hydrogen) atoms. The van der Waals surface area contributed by atoms with Crippen molar-refractivity contribution in [2.75, 3.05) is 10.5 Å². The second-order valence-corrected chi connectivity index (χ2v) is 7.21. The minimum absolute atomic E-state index is 0.0993. The van der Waals surface area contributed by atoms with Crippen LogP contribution >= 0.6 is 11.3 Å². The number of aryl methyl sites for hydroxylation is 1. The third-order valence-electron chi connectivity index (χ3n) is 2.76. The molecule has 0 radical (unpaired) electrons. The van der Waals surface area contributed by atoms with Gasteiger partial charge < -0.3 is 5.73 Å². The highest BCUT2D eigenvalue weighted by Crippen LogP contribution is 2.25. The lowest BCUT2D eigenvalue weighted by Gasteiger charge is -2.08. The maximum Gasteiger partial charge on any atom is 0.291 e. The van der Waals surface area contributed by atoms with Crippen molar-refractivity contribution in [3.8, 4) is 0 Å². The molecular formula is C12H11N5O2S2. The molecular weight excluding hydrogens is 310 g/mol. The summed E-state index contributed by atoms with van der Waals surface area (Å²) in [7, 11) is -3.82. The molecule has 108 valence electrons. The quantitative estimate of drug-likeness (QED) is 0.760. The molecule has 0 amide bonds. The summed E-state index contributed by atoms with van der Waals surface area (Å²) in [5.41, 5.74) is 7.20. The number of fused-ring (bicyclic) bond motifs is 1. The highest BCUT2D eigenvalue weighted by molar-refractivity contribution is 7.94. The van der Waals surface area contributed by atoms with Gasteiger partial charge in [0.25, 0.3) is 14.4 Å². The monoisotopic (exact) mass is 321 g/mol. The van der Waals surface area contributed by atoms with Crippen molar-refractivity contribution in [1.29, 1.82) is 0 Å². The summed E-state index contributed by atoms with van der Waals surface area (Å²) in [4.78, 5) is 4.37. The maximum atomic E-state index is 12.3. The number of nitrogens with zero attached hydrogens (tertiary/aromatic N) is 3. The van der Waals surface area contributed by atoms with Crippen molar-refractivity contribution < 1.29 is 8.42 Å². The first-order valence-corrected chi connectivity index (χ1v) is 8.24. The molecule has 9 heteroatoms.